The van der Waals surface area contributed by atoms with Crippen LogP contribution in [-0.2, 0) is 4.79 Å². The van der Waals surface area contributed by atoms with Crippen LogP contribution < -0.4 is 0 Å². The third kappa shape index (κ3) is 2.72. The Bertz CT molecular complexity index is 339. The maximum atomic E-state index is 12.3. The molecule has 0 spiro atoms. The van der Waals surface area contributed by atoms with Crippen LogP contribution in [0.5, 0.6) is 0 Å². The highest BCUT2D eigenvalue weighted by molar-refractivity contribution is 7.99. The number of aliphatic hydroxyl groups excluding tert-OH is 1. The highest BCUT2D eigenvalue weighted by Gasteiger charge is 2.37. The molecule has 2 heterocycles. The number of nitrogens with zero attached hydrogens (tertiary/aromatic N) is 2. The molecule has 2 N–H and O–H groups in total. The number of carboxylic acids is 1. The lowest BCUT2D eigenvalue weighted by atomic mass is 9.99. The number of likely N-dealkylation sites (tertiary alicyclic amines) is 1. The maximum absolute atomic E-state index is 12.3. The number of hydrogen-bond donors (Lipinski definition) is 2. The molecule has 2 aliphatic rings. The number of carboxylic acid groups (broad SMARTS) is 1. The molecule has 0 saturated carbocycles. The second-order valence-electron chi connectivity index (χ2n) is 4.74. The SMILES string of the molecule is O=C(O)C1CSCN1C(=O)N1CCCC(CO)C1. The highest BCUT2D eigenvalue weighted by Crippen LogP contribution is 2.24. The summed E-state index contributed by atoms with van der Waals surface area (Å²) in [4.78, 5) is 26.4. The van der Waals surface area contributed by atoms with Gasteiger partial charge < -0.3 is 20.0 Å². The number of carbonyl (C=O) groups is 2. The van der Waals surface area contributed by atoms with Crippen LogP contribution >= 0.6 is 11.8 Å². The standard InChI is InChI=1S/C11H18N2O4S/c14-5-8-2-1-3-12(4-8)11(17)13-7-18-6-9(13)10(15)16/h8-9,14H,1-7H2,(H,15,16). The number of rotatable bonds is 2. The van der Waals surface area contributed by atoms with Crippen LogP contribution in [0.3, 0.4) is 0 Å². The first-order valence-electron chi connectivity index (χ1n) is 6.10. The van der Waals surface area contributed by atoms with Gasteiger partial charge in [0.05, 0.1) is 5.88 Å². The van der Waals surface area contributed by atoms with Gasteiger partial charge in [0.15, 0.2) is 0 Å². The molecule has 0 aliphatic carbocycles. The largest absolute Gasteiger partial charge is 0.480 e. The molecule has 2 saturated heterocycles. The molecular weight excluding hydrogens is 256 g/mol. The van der Waals surface area contributed by atoms with Crippen molar-refractivity contribution in [3.05, 3.63) is 0 Å². The van der Waals surface area contributed by atoms with Gasteiger partial charge in [-0.3, -0.25) is 0 Å². The van der Waals surface area contributed by atoms with Gasteiger partial charge in [0, 0.05) is 25.4 Å². The van der Waals surface area contributed by atoms with Gasteiger partial charge in [-0.05, 0) is 18.8 Å². The molecule has 0 aromatic carbocycles. The summed E-state index contributed by atoms with van der Waals surface area (Å²) in [5, 5.41) is 18.2. The summed E-state index contributed by atoms with van der Waals surface area (Å²) in [5.41, 5.74) is 0. The zero-order chi connectivity index (χ0) is 13.1. The molecule has 102 valence electrons. The Morgan fingerprint density at radius 2 is 2.17 bits per heavy atom. The fraction of sp³-hybridized carbons (Fsp3) is 0.818. The number of piperidine rings is 1. The smallest absolute Gasteiger partial charge is 0.327 e. The lowest BCUT2D eigenvalue weighted by molar-refractivity contribution is -0.141. The van der Waals surface area contributed by atoms with Crippen LogP contribution in [0.25, 0.3) is 0 Å². The van der Waals surface area contributed by atoms with E-state index in [-0.39, 0.29) is 18.6 Å². The van der Waals surface area contributed by atoms with Gasteiger partial charge >= 0.3 is 12.0 Å². The molecule has 2 unspecified atom stereocenters. The number of hydrogen-bond acceptors (Lipinski definition) is 4. The molecule has 2 fully saturated rings. The zero-order valence-corrected chi connectivity index (χ0v) is 10.9. The van der Waals surface area contributed by atoms with Gasteiger partial charge in [-0.25, -0.2) is 9.59 Å². The summed E-state index contributed by atoms with van der Waals surface area (Å²) in [6.45, 7) is 1.27. The molecular formula is C11H18N2O4S. The molecule has 0 radical (unpaired) electrons. The fourth-order valence-corrected chi connectivity index (χ4v) is 3.54. The van der Waals surface area contributed by atoms with E-state index in [0.29, 0.717) is 24.7 Å². The Morgan fingerprint density at radius 3 is 2.83 bits per heavy atom. The van der Waals surface area contributed by atoms with Crippen LogP contribution in [0, 0.1) is 5.92 Å². The first-order valence-corrected chi connectivity index (χ1v) is 7.26. The Kier molecular flexibility index (Phi) is 4.34. The molecule has 0 aromatic heterocycles. The van der Waals surface area contributed by atoms with Gasteiger partial charge in [0.1, 0.15) is 6.04 Å². The van der Waals surface area contributed by atoms with Crippen molar-refractivity contribution < 1.29 is 19.8 Å². The average Bonchev–Trinajstić information content (AvgIpc) is 2.87. The topological polar surface area (TPSA) is 81.1 Å². The summed E-state index contributed by atoms with van der Waals surface area (Å²) in [5.74, 6) is 0.0827. The molecule has 2 aliphatic heterocycles. The minimum absolute atomic E-state index is 0.0842. The van der Waals surface area contributed by atoms with E-state index in [0.717, 1.165) is 12.8 Å². The van der Waals surface area contributed by atoms with E-state index in [4.69, 9.17) is 10.2 Å². The molecule has 2 rings (SSSR count). The lowest BCUT2D eigenvalue weighted by Crippen LogP contribution is -2.51. The van der Waals surface area contributed by atoms with Crippen molar-refractivity contribution in [2.24, 2.45) is 5.92 Å². The Labute approximate surface area is 110 Å². The van der Waals surface area contributed by atoms with Gasteiger partial charge in [-0.2, -0.15) is 0 Å². The molecule has 7 heteroatoms. The molecule has 6 nitrogen and oxygen atoms in total. The average molecular weight is 274 g/mol. The summed E-state index contributed by atoms with van der Waals surface area (Å²) in [7, 11) is 0. The number of aliphatic hydroxyl groups is 1. The number of carbonyl (C=O) groups excluding carboxylic acids is 1. The molecule has 0 aromatic rings. The summed E-state index contributed by atoms with van der Waals surface area (Å²) in [6, 6.07) is -0.914. The predicted molar refractivity (Wildman–Crippen MR) is 67.4 cm³/mol. The van der Waals surface area contributed by atoms with E-state index >= 15 is 0 Å². The summed E-state index contributed by atoms with van der Waals surface area (Å²) >= 11 is 1.47. The number of amides is 2. The second kappa shape index (κ2) is 5.79. The minimum Gasteiger partial charge on any atom is -0.480 e. The van der Waals surface area contributed by atoms with Gasteiger partial charge in [-0.1, -0.05) is 0 Å². The van der Waals surface area contributed by atoms with Crippen molar-refractivity contribution in [3.8, 4) is 0 Å². The monoisotopic (exact) mass is 274 g/mol. The van der Waals surface area contributed by atoms with Gasteiger partial charge in [0.2, 0.25) is 0 Å². The van der Waals surface area contributed by atoms with E-state index in [1.54, 1.807) is 4.90 Å². The molecule has 2 atom stereocenters. The quantitative estimate of drug-likeness (QED) is 0.755. The van der Waals surface area contributed by atoms with E-state index in [9.17, 15) is 9.59 Å². The first kappa shape index (κ1) is 13.5. The third-order valence-electron chi connectivity index (χ3n) is 3.46. The van der Waals surface area contributed by atoms with Crippen molar-refractivity contribution in [1.82, 2.24) is 9.80 Å². The van der Waals surface area contributed by atoms with E-state index in [2.05, 4.69) is 0 Å². The minimum atomic E-state index is -0.941. The van der Waals surface area contributed by atoms with E-state index < -0.39 is 12.0 Å². The van der Waals surface area contributed by atoms with Crippen LogP contribution in [0.4, 0.5) is 4.79 Å². The maximum Gasteiger partial charge on any atom is 0.327 e. The van der Waals surface area contributed by atoms with Crippen LogP contribution in [0.1, 0.15) is 12.8 Å². The van der Waals surface area contributed by atoms with Crippen LogP contribution in [0.2, 0.25) is 0 Å². The first-order chi connectivity index (χ1) is 8.63. The molecule has 18 heavy (non-hydrogen) atoms. The van der Waals surface area contributed by atoms with E-state index in [1.165, 1.54) is 16.7 Å². The van der Waals surface area contributed by atoms with Crippen molar-refractivity contribution in [2.45, 2.75) is 18.9 Å². The Hall–Kier alpha value is -0.950. The second-order valence-corrected chi connectivity index (χ2v) is 5.74. The zero-order valence-electron chi connectivity index (χ0n) is 10.1. The number of aliphatic carboxylic acids is 1. The predicted octanol–water partition coefficient (Wildman–Crippen LogP) is 0.270. The Morgan fingerprint density at radius 1 is 1.39 bits per heavy atom. The Balaban J connectivity index is 1.99. The number of thioether (sulfide) groups is 1. The van der Waals surface area contributed by atoms with Crippen molar-refractivity contribution >= 4 is 23.8 Å². The lowest BCUT2D eigenvalue weighted by Gasteiger charge is -2.35. The van der Waals surface area contributed by atoms with Gasteiger partial charge in [-0.15, -0.1) is 11.8 Å². The summed E-state index contributed by atoms with van der Waals surface area (Å²) in [6.07, 6.45) is 1.80. The van der Waals surface area contributed by atoms with Crippen molar-refractivity contribution in [1.29, 1.82) is 0 Å². The fourth-order valence-electron chi connectivity index (χ4n) is 2.41. The normalized spacial score (nSPS) is 28.5. The van der Waals surface area contributed by atoms with Crippen LogP contribution in [-0.4, -0.2) is 69.4 Å². The summed E-state index contributed by atoms with van der Waals surface area (Å²) < 4.78 is 0. The number of urea groups is 1. The van der Waals surface area contributed by atoms with Crippen molar-refractivity contribution in [3.63, 3.8) is 0 Å². The van der Waals surface area contributed by atoms with Crippen molar-refractivity contribution in [2.75, 3.05) is 31.3 Å². The van der Waals surface area contributed by atoms with E-state index in [1.807, 2.05) is 0 Å². The molecule has 2 amide bonds. The van der Waals surface area contributed by atoms with Crippen LogP contribution in [0.15, 0.2) is 0 Å². The van der Waals surface area contributed by atoms with Gasteiger partial charge in [0.25, 0.3) is 0 Å². The highest BCUT2D eigenvalue weighted by atomic mass is 32.2. The third-order valence-corrected chi connectivity index (χ3v) is 4.47. The molecule has 0 bridgehead atoms.